The average molecular weight is 728 g/mol. The van der Waals surface area contributed by atoms with Crippen LogP contribution in [-0.2, 0) is 4.79 Å². The van der Waals surface area contributed by atoms with Gasteiger partial charge in [-0.2, -0.15) is 0 Å². The molecule has 5 nitrogen and oxygen atoms in total. The van der Waals surface area contributed by atoms with Gasteiger partial charge in [0.05, 0.1) is 18.8 Å². The van der Waals surface area contributed by atoms with Gasteiger partial charge in [-0.1, -0.05) is 197 Å². The van der Waals surface area contributed by atoms with Crippen molar-refractivity contribution in [2.45, 2.75) is 225 Å². The molecule has 0 saturated heterocycles. The molecule has 0 saturated carbocycles. The summed E-state index contributed by atoms with van der Waals surface area (Å²) in [6.45, 7) is 4.12. The Morgan fingerprint density at radius 1 is 0.481 bits per heavy atom. The summed E-state index contributed by atoms with van der Waals surface area (Å²) in [5, 5.41) is 33.1. The van der Waals surface area contributed by atoms with E-state index in [1.165, 1.54) is 116 Å². The SMILES string of the molecule is CCCCC/C=C\C=C/CCCCCCCC(O)C(=O)NC(CO)C(O)/C=C/CC/C=C/CC/C=C/CCCCCCCCCCCCCCCC. The molecule has 302 valence electrons. The highest BCUT2D eigenvalue weighted by Gasteiger charge is 2.22. The van der Waals surface area contributed by atoms with Crippen molar-refractivity contribution in [1.29, 1.82) is 0 Å². The summed E-state index contributed by atoms with van der Waals surface area (Å²) in [6, 6.07) is -0.829. The van der Waals surface area contributed by atoms with E-state index in [0.717, 1.165) is 70.6 Å². The maximum atomic E-state index is 12.4. The monoisotopic (exact) mass is 728 g/mol. The van der Waals surface area contributed by atoms with Crippen molar-refractivity contribution in [2.24, 2.45) is 0 Å². The van der Waals surface area contributed by atoms with Crippen LogP contribution in [0.15, 0.2) is 60.8 Å². The van der Waals surface area contributed by atoms with Gasteiger partial charge in [0.25, 0.3) is 0 Å². The second-order valence-corrected chi connectivity index (χ2v) is 14.9. The number of rotatable bonds is 39. The van der Waals surface area contributed by atoms with Crippen LogP contribution in [0.1, 0.15) is 206 Å². The highest BCUT2D eigenvalue weighted by atomic mass is 16.3. The lowest BCUT2D eigenvalue weighted by molar-refractivity contribution is -0.131. The number of aliphatic hydroxyl groups excluding tert-OH is 3. The molecule has 0 aromatic carbocycles. The summed E-state index contributed by atoms with van der Waals surface area (Å²) < 4.78 is 0. The summed E-state index contributed by atoms with van der Waals surface area (Å²) in [5.74, 6) is -0.532. The predicted molar refractivity (Wildman–Crippen MR) is 227 cm³/mol. The number of nitrogens with one attached hydrogen (secondary N) is 1. The maximum absolute atomic E-state index is 12.4. The third-order valence-corrected chi connectivity index (χ3v) is 9.84. The Kier molecular flexibility index (Phi) is 40.2. The van der Waals surface area contributed by atoms with Crippen molar-refractivity contribution in [3.05, 3.63) is 60.8 Å². The number of allylic oxidation sites excluding steroid dienone is 9. The lowest BCUT2D eigenvalue weighted by atomic mass is 10.0. The largest absolute Gasteiger partial charge is 0.394 e. The van der Waals surface area contributed by atoms with Crippen LogP contribution in [0.4, 0.5) is 0 Å². The van der Waals surface area contributed by atoms with Gasteiger partial charge in [-0.3, -0.25) is 4.79 Å². The van der Waals surface area contributed by atoms with Gasteiger partial charge < -0.3 is 20.6 Å². The summed E-state index contributed by atoms with van der Waals surface area (Å²) >= 11 is 0. The Balaban J connectivity index is 3.76. The number of amides is 1. The van der Waals surface area contributed by atoms with E-state index in [-0.39, 0.29) is 6.61 Å². The topological polar surface area (TPSA) is 89.8 Å². The molecule has 0 rings (SSSR count). The molecule has 0 heterocycles. The first-order valence-electron chi connectivity index (χ1n) is 22.1. The van der Waals surface area contributed by atoms with Gasteiger partial charge in [0.1, 0.15) is 6.10 Å². The lowest BCUT2D eigenvalue weighted by Gasteiger charge is -2.21. The number of carbonyl (C=O) groups is 1. The Morgan fingerprint density at radius 2 is 0.846 bits per heavy atom. The minimum Gasteiger partial charge on any atom is -0.394 e. The fraction of sp³-hybridized carbons (Fsp3) is 0.766. The third kappa shape index (κ3) is 36.4. The van der Waals surface area contributed by atoms with Crippen molar-refractivity contribution >= 4 is 5.91 Å². The minimum absolute atomic E-state index is 0.389. The van der Waals surface area contributed by atoms with Crippen molar-refractivity contribution < 1.29 is 20.1 Å². The molecule has 0 spiro atoms. The molecule has 0 radical (unpaired) electrons. The predicted octanol–water partition coefficient (Wildman–Crippen LogP) is 12.7. The maximum Gasteiger partial charge on any atom is 0.249 e. The van der Waals surface area contributed by atoms with Gasteiger partial charge in [0, 0.05) is 0 Å². The molecule has 0 aliphatic heterocycles. The first kappa shape index (κ1) is 50.1. The van der Waals surface area contributed by atoms with Crippen LogP contribution in [0.5, 0.6) is 0 Å². The van der Waals surface area contributed by atoms with E-state index in [4.69, 9.17) is 0 Å². The molecule has 0 aromatic heterocycles. The van der Waals surface area contributed by atoms with E-state index in [1.807, 2.05) is 6.08 Å². The Labute approximate surface area is 322 Å². The molecule has 3 unspecified atom stereocenters. The molecule has 5 heteroatoms. The first-order chi connectivity index (χ1) is 25.6. The zero-order valence-electron chi connectivity index (χ0n) is 34.2. The fourth-order valence-corrected chi connectivity index (χ4v) is 6.32. The zero-order valence-corrected chi connectivity index (χ0v) is 34.2. The van der Waals surface area contributed by atoms with Gasteiger partial charge >= 0.3 is 0 Å². The molecule has 4 N–H and O–H groups in total. The minimum atomic E-state index is -1.12. The first-order valence-corrected chi connectivity index (χ1v) is 22.1. The fourth-order valence-electron chi connectivity index (χ4n) is 6.32. The Hall–Kier alpha value is -1.95. The Bertz CT molecular complexity index is 892. The second-order valence-electron chi connectivity index (χ2n) is 14.9. The lowest BCUT2D eigenvalue weighted by Crippen LogP contribution is -2.48. The number of unbranched alkanes of at least 4 members (excludes halogenated alkanes) is 24. The third-order valence-electron chi connectivity index (χ3n) is 9.84. The standard InChI is InChI=1S/C47H85NO4/c1-3-5-7-9-11-13-15-17-19-20-21-22-23-24-25-26-27-28-30-31-33-35-37-39-41-45(50)44(43-49)48-47(52)46(51)42-40-38-36-34-32-29-18-16-14-12-10-8-6-4-2/h12,14,16,18,26-27,31,33,39,41,44-46,49-51H,3-11,13,15,17,19-25,28-30,32,34-38,40,42-43H2,1-2H3,(H,48,52)/b14-12-,18-16-,27-26+,33-31+,41-39+. The van der Waals surface area contributed by atoms with Gasteiger partial charge in [-0.05, 0) is 70.6 Å². The molecule has 0 aliphatic carbocycles. The highest BCUT2D eigenvalue weighted by molar-refractivity contribution is 5.80. The van der Waals surface area contributed by atoms with Crippen molar-refractivity contribution in [3.63, 3.8) is 0 Å². The van der Waals surface area contributed by atoms with Crippen LogP contribution < -0.4 is 5.32 Å². The highest BCUT2D eigenvalue weighted by Crippen LogP contribution is 2.14. The van der Waals surface area contributed by atoms with Gasteiger partial charge in [-0.25, -0.2) is 0 Å². The van der Waals surface area contributed by atoms with Gasteiger partial charge in [0.2, 0.25) is 5.91 Å². The van der Waals surface area contributed by atoms with E-state index >= 15 is 0 Å². The quantitative estimate of drug-likeness (QED) is 0.0288. The molecular weight excluding hydrogens is 643 g/mol. The number of aliphatic hydroxyl groups is 3. The average Bonchev–Trinajstić information content (AvgIpc) is 3.15. The van der Waals surface area contributed by atoms with Gasteiger partial charge in [0.15, 0.2) is 0 Å². The normalized spacial score (nSPS) is 14.2. The molecule has 0 aromatic rings. The van der Waals surface area contributed by atoms with Crippen molar-refractivity contribution in [1.82, 2.24) is 5.32 Å². The molecule has 0 bridgehead atoms. The van der Waals surface area contributed by atoms with E-state index in [9.17, 15) is 20.1 Å². The summed E-state index contributed by atoms with van der Waals surface area (Å²) in [6.07, 6.45) is 55.4. The van der Waals surface area contributed by atoms with E-state index in [2.05, 4.69) is 67.8 Å². The number of hydrogen-bond donors (Lipinski definition) is 4. The van der Waals surface area contributed by atoms with Crippen LogP contribution in [0, 0.1) is 0 Å². The van der Waals surface area contributed by atoms with E-state index in [1.54, 1.807) is 6.08 Å². The van der Waals surface area contributed by atoms with Gasteiger partial charge in [-0.15, -0.1) is 0 Å². The van der Waals surface area contributed by atoms with Crippen LogP contribution in [0.2, 0.25) is 0 Å². The molecular formula is C47H85NO4. The molecule has 0 fully saturated rings. The molecule has 3 atom stereocenters. The summed E-state index contributed by atoms with van der Waals surface area (Å²) in [4.78, 5) is 12.4. The summed E-state index contributed by atoms with van der Waals surface area (Å²) in [7, 11) is 0. The van der Waals surface area contributed by atoms with Crippen LogP contribution in [-0.4, -0.2) is 46.1 Å². The second kappa shape index (κ2) is 41.8. The van der Waals surface area contributed by atoms with E-state index in [0.29, 0.717) is 6.42 Å². The Morgan fingerprint density at radius 3 is 1.33 bits per heavy atom. The molecule has 1 amide bonds. The zero-order chi connectivity index (χ0) is 38.0. The van der Waals surface area contributed by atoms with Crippen molar-refractivity contribution in [2.75, 3.05) is 6.61 Å². The number of hydrogen-bond acceptors (Lipinski definition) is 4. The smallest absolute Gasteiger partial charge is 0.249 e. The van der Waals surface area contributed by atoms with E-state index < -0.39 is 24.2 Å². The summed E-state index contributed by atoms with van der Waals surface area (Å²) in [5.41, 5.74) is 0. The molecule has 0 aliphatic rings. The molecule has 52 heavy (non-hydrogen) atoms. The van der Waals surface area contributed by atoms with Crippen LogP contribution in [0.25, 0.3) is 0 Å². The van der Waals surface area contributed by atoms with Crippen molar-refractivity contribution in [3.8, 4) is 0 Å². The van der Waals surface area contributed by atoms with Crippen LogP contribution >= 0.6 is 0 Å². The van der Waals surface area contributed by atoms with Crippen LogP contribution in [0.3, 0.4) is 0 Å². The number of carbonyl (C=O) groups excluding carboxylic acids is 1.